The van der Waals surface area contributed by atoms with Gasteiger partial charge in [-0.3, -0.25) is 4.79 Å². The van der Waals surface area contributed by atoms with E-state index in [2.05, 4.69) is 4.98 Å². The Morgan fingerprint density at radius 1 is 1.40 bits per heavy atom. The molecule has 1 amide bonds. The number of aromatic nitrogens is 1. The quantitative estimate of drug-likeness (QED) is 0.791. The molecule has 0 radical (unpaired) electrons. The fraction of sp³-hybridized carbons (Fsp3) is 0. The van der Waals surface area contributed by atoms with E-state index in [9.17, 15) is 4.79 Å². The lowest BCUT2D eigenvalue weighted by atomic mass is 10.1. The summed E-state index contributed by atoms with van der Waals surface area (Å²) in [6.45, 7) is 0. The van der Waals surface area contributed by atoms with Gasteiger partial charge in [0.1, 0.15) is 5.15 Å². The smallest absolute Gasteiger partial charge is 0.285 e. The normalized spacial score (nSPS) is 10.2. The molecule has 15 heavy (non-hydrogen) atoms. The highest BCUT2D eigenvalue weighted by Gasteiger charge is 2.13. The average Bonchev–Trinajstić information content (AvgIpc) is 2.67. The zero-order valence-electron chi connectivity index (χ0n) is 7.61. The number of halogens is 1. The van der Waals surface area contributed by atoms with Crippen molar-refractivity contribution in [1.29, 1.82) is 0 Å². The highest BCUT2D eigenvalue weighted by atomic mass is 35.5. The maximum atomic E-state index is 11.0. The molecule has 2 aromatic rings. The van der Waals surface area contributed by atoms with Crippen LogP contribution < -0.4 is 5.73 Å². The summed E-state index contributed by atoms with van der Waals surface area (Å²) < 4.78 is 4.98. The summed E-state index contributed by atoms with van der Waals surface area (Å²) in [5, 5.41) is 0.392. The molecule has 2 rings (SSSR count). The minimum Gasteiger partial charge on any atom is -0.459 e. The van der Waals surface area contributed by atoms with E-state index in [1.165, 1.54) is 6.26 Å². The van der Waals surface area contributed by atoms with Gasteiger partial charge in [0.2, 0.25) is 0 Å². The molecule has 0 atom stereocenters. The molecule has 4 nitrogen and oxygen atoms in total. The van der Waals surface area contributed by atoms with Crippen LogP contribution in [0.5, 0.6) is 0 Å². The van der Waals surface area contributed by atoms with Crippen LogP contribution in [0, 0.1) is 0 Å². The Hall–Kier alpha value is -1.81. The number of nitrogens with zero attached hydrogens (tertiary/aromatic N) is 1. The van der Waals surface area contributed by atoms with Crippen molar-refractivity contribution in [3.05, 3.63) is 41.6 Å². The van der Waals surface area contributed by atoms with E-state index in [0.29, 0.717) is 10.7 Å². The number of hydrogen-bond donors (Lipinski definition) is 1. The second kappa shape index (κ2) is 3.74. The van der Waals surface area contributed by atoms with Gasteiger partial charge in [-0.1, -0.05) is 11.6 Å². The predicted molar refractivity (Wildman–Crippen MR) is 55.5 cm³/mol. The molecule has 0 saturated carbocycles. The Bertz CT molecular complexity index is 490. The lowest BCUT2D eigenvalue weighted by molar-refractivity contribution is 0.0975. The van der Waals surface area contributed by atoms with Gasteiger partial charge in [-0.05, 0) is 18.2 Å². The Morgan fingerprint density at radius 3 is 2.80 bits per heavy atom. The van der Waals surface area contributed by atoms with Crippen molar-refractivity contribution in [1.82, 2.24) is 4.98 Å². The number of nitrogens with two attached hydrogens (primary N) is 1. The van der Waals surface area contributed by atoms with Crippen LogP contribution >= 0.6 is 11.6 Å². The van der Waals surface area contributed by atoms with Crippen molar-refractivity contribution < 1.29 is 9.21 Å². The van der Waals surface area contributed by atoms with Gasteiger partial charge in [-0.2, -0.15) is 0 Å². The summed E-state index contributed by atoms with van der Waals surface area (Å²) in [6.07, 6.45) is 2.96. The fourth-order valence-electron chi connectivity index (χ4n) is 1.26. The van der Waals surface area contributed by atoms with E-state index in [0.717, 1.165) is 5.56 Å². The highest BCUT2D eigenvalue weighted by molar-refractivity contribution is 6.29. The van der Waals surface area contributed by atoms with E-state index in [1.54, 1.807) is 24.4 Å². The third kappa shape index (κ3) is 1.85. The molecule has 0 aliphatic carbocycles. The summed E-state index contributed by atoms with van der Waals surface area (Å²) in [5.74, 6) is -0.482. The minimum atomic E-state index is -0.607. The van der Waals surface area contributed by atoms with Gasteiger partial charge in [0.25, 0.3) is 5.91 Å². The molecule has 0 fully saturated rings. The zero-order valence-corrected chi connectivity index (χ0v) is 8.36. The van der Waals surface area contributed by atoms with Gasteiger partial charge < -0.3 is 10.2 Å². The number of carbonyl (C=O) groups excluding carboxylic acids is 1. The van der Waals surface area contributed by atoms with Crippen molar-refractivity contribution in [3.63, 3.8) is 0 Å². The first-order valence-electron chi connectivity index (χ1n) is 4.17. The van der Waals surface area contributed by atoms with Gasteiger partial charge in [0.15, 0.2) is 5.76 Å². The Kier molecular flexibility index (Phi) is 2.43. The maximum Gasteiger partial charge on any atom is 0.285 e. The Morgan fingerprint density at radius 2 is 2.20 bits per heavy atom. The first kappa shape index (κ1) is 9.73. The molecule has 0 saturated heterocycles. The van der Waals surface area contributed by atoms with E-state index in [-0.39, 0.29) is 5.76 Å². The Balaban J connectivity index is 2.49. The van der Waals surface area contributed by atoms with Crippen LogP contribution in [0.1, 0.15) is 10.6 Å². The number of furan rings is 1. The summed E-state index contributed by atoms with van der Waals surface area (Å²) in [5.41, 5.74) is 6.50. The van der Waals surface area contributed by atoms with Crippen LogP contribution in [0.3, 0.4) is 0 Å². The minimum absolute atomic E-state index is 0.124. The summed E-state index contributed by atoms with van der Waals surface area (Å²) >= 11 is 5.65. The van der Waals surface area contributed by atoms with Crippen LogP contribution in [-0.2, 0) is 0 Å². The zero-order chi connectivity index (χ0) is 10.8. The molecular weight excluding hydrogens is 216 g/mol. The predicted octanol–water partition coefficient (Wildman–Crippen LogP) is 2.09. The molecule has 2 heterocycles. The maximum absolute atomic E-state index is 11.0. The number of amides is 1. The Labute approximate surface area is 90.7 Å². The topological polar surface area (TPSA) is 69.1 Å². The third-order valence-corrected chi connectivity index (χ3v) is 2.15. The molecule has 0 aliphatic rings. The van der Waals surface area contributed by atoms with Crippen LogP contribution in [0.2, 0.25) is 5.15 Å². The highest BCUT2D eigenvalue weighted by Crippen LogP contribution is 2.24. The second-order valence-corrected chi connectivity index (χ2v) is 3.28. The summed E-state index contributed by atoms with van der Waals surface area (Å²) in [7, 11) is 0. The van der Waals surface area contributed by atoms with Crippen LogP contribution in [0.15, 0.2) is 35.1 Å². The molecule has 0 aliphatic heterocycles. The van der Waals surface area contributed by atoms with E-state index >= 15 is 0 Å². The van der Waals surface area contributed by atoms with Gasteiger partial charge in [0.05, 0.1) is 6.26 Å². The SMILES string of the molecule is NC(=O)c1occc1-c1ccc(Cl)nc1. The molecule has 0 aromatic carbocycles. The van der Waals surface area contributed by atoms with Crippen LogP contribution in [0.4, 0.5) is 0 Å². The number of pyridine rings is 1. The van der Waals surface area contributed by atoms with Crippen molar-refractivity contribution in [3.8, 4) is 11.1 Å². The monoisotopic (exact) mass is 222 g/mol. The number of rotatable bonds is 2. The molecule has 0 bridgehead atoms. The van der Waals surface area contributed by atoms with Gasteiger partial charge >= 0.3 is 0 Å². The standard InChI is InChI=1S/C10H7ClN2O2/c11-8-2-1-6(5-13-8)7-3-4-15-9(7)10(12)14/h1-5H,(H2,12,14). The molecule has 2 aromatic heterocycles. The lowest BCUT2D eigenvalue weighted by Gasteiger charge is -1.98. The van der Waals surface area contributed by atoms with Crippen molar-refractivity contribution in [2.45, 2.75) is 0 Å². The second-order valence-electron chi connectivity index (χ2n) is 2.90. The first-order chi connectivity index (χ1) is 7.18. The molecular formula is C10H7ClN2O2. The van der Waals surface area contributed by atoms with E-state index in [4.69, 9.17) is 21.8 Å². The number of hydrogen-bond acceptors (Lipinski definition) is 3. The van der Waals surface area contributed by atoms with Gasteiger partial charge in [-0.25, -0.2) is 4.98 Å². The summed E-state index contributed by atoms with van der Waals surface area (Å²) in [4.78, 5) is 14.9. The first-order valence-corrected chi connectivity index (χ1v) is 4.55. The van der Waals surface area contributed by atoms with E-state index < -0.39 is 5.91 Å². The summed E-state index contributed by atoms with van der Waals surface area (Å²) in [6, 6.07) is 5.03. The fourth-order valence-corrected chi connectivity index (χ4v) is 1.37. The van der Waals surface area contributed by atoms with Crippen molar-refractivity contribution in [2.24, 2.45) is 5.73 Å². The molecule has 0 spiro atoms. The largest absolute Gasteiger partial charge is 0.459 e. The lowest BCUT2D eigenvalue weighted by Crippen LogP contribution is -2.10. The van der Waals surface area contributed by atoms with Crippen molar-refractivity contribution in [2.75, 3.05) is 0 Å². The number of carbonyl (C=O) groups is 1. The number of primary amides is 1. The third-order valence-electron chi connectivity index (χ3n) is 1.93. The van der Waals surface area contributed by atoms with Crippen molar-refractivity contribution >= 4 is 17.5 Å². The van der Waals surface area contributed by atoms with Gasteiger partial charge in [-0.15, -0.1) is 0 Å². The van der Waals surface area contributed by atoms with Gasteiger partial charge in [0, 0.05) is 17.3 Å². The van der Waals surface area contributed by atoms with E-state index in [1.807, 2.05) is 0 Å². The molecule has 2 N–H and O–H groups in total. The molecule has 76 valence electrons. The average molecular weight is 223 g/mol. The molecule has 0 unspecified atom stereocenters. The molecule has 5 heteroatoms. The van der Waals surface area contributed by atoms with Crippen LogP contribution in [0.25, 0.3) is 11.1 Å². The van der Waals surface area contributed by atoms with Crippen LogP contribution in [-0.4, -0.2) is 10.9 Å².